The van der Waals surface area contributed by atoms with E-state index in [4.69, 9.17) is 15.4 Å². The molecular formula is C12H12ClFN2O3S. The number of aromatic nitrogens is 2. The van der Waals surface area contributed by atoms with Gasteiger partial charge in [-0.2, -0.15) is 0 Å². The van der Waals surface area contributed by atoms with E-state index in [9.17, 15) is 12.8 Å². The summed E-state index contributed by atoms with van der Waals surface area (Å²) in [6, 6.07) is 3.17. The van der Waals surface area contributed by atoms with Crippen LogP contribution in [0.15, 0.2) is 35.6 Å². The Morgan fingerprint density at radius 1 is 1.45 bits per heavy atom. The number of halogens is 2. The van der Waals surface area contributed by atoms with Gasteiger partial charge in [-0.3, -0.25) is 0 Å². The molecule has 8 heteroatoms. The summed E-state index contributed by atoms with van der Waals surface area (Å²) >= 11 is 0. The summed E-state index contributed by atoms with van der Waals surface area (Å²) in [6.07, 6.45) is 3.25. The van der Waals surface area contributed by atoms with Gasteiger partial charge in [-0.25, -0.2) is 17.8 Å². The zero-order valence-electron chi connectivity index (χ0n) is 10.6. The van der Waals surface area contributed by atoms with Crippen molar-refractivity contribution < 1.29 is 17.5 Å². The fourth-order valence-electron chi connectivity index (χ4n) is 1.70. The highest BCUT2D eigenvalue weighted by molar-refractivity contribution is 8.13. The van der Waals surface area contributed by atoms with Crippen LogP contribution in [0.1, 0.15) is 12.6 Å². The van der Waals surface area contributed by atoms with Gasteiger partial charge in [0.2, 0.25) is 0 Å². The highest BCUT2D eigenvalue weighted by atomic mass is 35.7. The van der Waals surface area contributed by atoms with Gasteiger partial charge >= 0.3 is 0 Å². The monoisotopic (exact) mass is 318 g/mol. The van der Waals surface area contributed by atoms with Crippen molar-refractivity contribution in [2.45, 2.75) is 25.0 Å². The van der Waals surface area contributed by atoms with Crippen molar-refractivity contribution in [1.29, 1.82) is 0 Å². The number of imidazole rings is 1. The van der Waals surface area contributed by atoms with E-state index in [-0.39, 0.29) is 17.3 Å². The second-order valence-electron chi connectivity index (χ2n) is 3.99. The van der Waals surface area contributed by atoms with Gasteiger partial charge in [0.15, 0.2) is 0 Å². The lowest BCUT2D eigenvalue weighted by molar-refractivity contribution is 0.287. The highest BCUT2D eigenvalue weighted by Crippen LogP contribution is 2.28. The number of aryl methyl sites for hydroxylation is 1. The number of hydrogen-bond acceptors (Lipinski definition) is 4. The number of ether oxygens (including phenoxy) is 1. The lowest BCUT2D eigenvalue weighted by Crippen LogP contribution is -2.06. The summed E-state index contributed by atoms with van der Waals surface area (Å²) in [5.74, 6) is -0.694. The van der Waals surface area contributed by atoms with Crippen LogP contribution in [-0.4, -0.2) is 18.0 Å². The summed E-state index contributed by atoms with van der Waals surface area (Å²) in [4.78, 5) is 3.58. The minimum absolute atomic E-state index is 0.00486. The highest BCUT2D eigenvalue weighted by Gasteiger charge is 2.18. The van der Waals surface area contributed by atoms with Crippen LogP contribution in [-0.2, 0) is 22.2 Å². The number of rotatable bonds is 5. The molecule has 5 nitrogen and oxygen atoms in total. The maximum atomic E-state index is 13.1. The molecule has 0 aliphatic carbocycles. The summed E-state index contributed by atoms with van der Waals surface area (Å²) < 4.78 is 43.2. The van der Waals surface area contributed by atoms with E-state index in [1.165, 1.54) is 6.07 Å². The summed E-state index contributed by atoms with van der Waals surface area (Å²) in [6.45, 7) is 2.76. The van der Waals surface area contributed by atoms with Crippen LogP contribution in [0.25, 0.3) is 0 Å². The van der Waals surface area contributed by atoms with Gasteiger partial charge in [0.1, 0.15) is 23.1 Å². The fourth-order valence-corrected chi connectivity index (χ4v) is 2.68. The Bertz CT molecular complexity index is 715. The van der Waals surface area contributed by atoms with Gasteiger partial charge in [-0.1, -0.05) is 0 Å². The Labute approximate surface area is 120 Å². The summed E-state index contributed by atoms with van der Waals surface area (Å²) in [7, 11) is 1.18. The van der Waals surface area contributed by atoms with Gasteiger partial charge in [0.05, 0.1) is 18.2 Å². The van der Waals surface area contributed by atoms with E-state index in [1.807, 2.05) is 11.5 Å². The topological polar surface area (TPSA) is 61.2 Å². The lowest BCUT2D eigenvalue weighted by atomic mass is 10.3. The Morgan fingerprint density at radius 2 is 2.20 bits per heavy atom. The molecule has 1 heterocycles. The second kappa shape index (κ2) is 5.80. The minimum atomic E-state index is -4.08. The summed E-state index contributed by atoms with van der Waals surface area (Å²) in [5, 5.41) is 0. The van der Waals surface area contributed by atoms with Crippen LogP contribution in [0, 0.1) is 5.82 Å². The van der Waals surface area contributed by atoms with Crippen LogP contribution in [0.4, 0.5) is 4.39 Å². The van der Waals surface area contributed by atoms with Gasteiger partial charge < -0.3 is 9.30 Å². The zero-order valence-corrected chi connectivity index (χ0v) is 12.2. The van der Waals surface area contributed by atoms with Crippen LogP contribution >= 0.6 is 10.7 Å². The third kappa shape index (κ3) is 3.29. The lowest BCUT2D eigenvalue weighted by Gasteiger charge is -2.10. The third-order valence-electron chi connectivity index (χ3n) is 2.68. The van der Waals surface area contributed by atoms with E-state index in [1.54, 1.807) is 12.5 Å². The predicted molar refractivity (Wildman–Crippen MR) is 71.7 cm³/mol. The van der Waals surface area contributed by atoms with E-state index in [0.717, 1.165) is 17.8 Å². The van der Waals surface area contributed by atoms with Crippen molar-refractivity contribution in [3.05, 3.63) is 42.2 Å². The van der Waals surface area contributed by atoms with Crippen molar-refractivity contribution in [2.75, 3.05) is 0 Å². The largest absolute Gasteiger partial charge is 0.486 e. The molecular weight excluding hydrogens is 307 g/mol. The molecule has 1 aromatic heterocycles. The van der Waals surface area contributed by atoms with Crippen molar-refractivity contribution >= 4 is 19.7 Å². The van der Waals surface area contributed by atoms with Crippen molar-refractivity contribution in [2.24, 2.45) is 0 Å². The second-order valence-corrected chi connectivity index (χ2v) is 6.52. The molecule has 0 aliphatic rings. The van der Waals surface area contributed by atoms with Crippen molar-refractivity contribution in [1.82, 2.24) is 9.55 Å². The van der Waals surface area contributed by atoms with E-state index < -0.39 is 14.9 Å². The first-order valence-electron chi connectivity index (χ1n) is 5.78. The predicted octanol–water partition coefficient (Wildman–Crippen LogP) is 2.55. The maximum Gasteiger partial charge on any atom is 0.265 e. The van der Waals surface area contributed by atoms with Gasteiger partial charge in [0.25, 0.3) is 9.05 Å². The van der Waals surface area contributed by atoms with Crippen molar-refractivity contribution in [3.63, 3.8) is 0 Å². The number of hydrogen-bond donors (Lipinski definition) is 0. The van der Waals surface area contributed by atoms with E-state index in [0.29, 0.717) is 6.54 Å². The fraction of sp³-hybridized carbons (Fsp3) is 0.250. The average Bonchev–Trinajstić information content (AvgIpc) is 2.83. The molecule has 1 aromatic carbocycles. The Kier molecular flexibility index (Phi) is 4.29. The first kappa shape index (κ1) is 14.8. The van der Waals surface area contributed by atoms with E-state index in [2.05, 4.69) is 4.98 Å². The smallest absolute Gasteiger partial charge is 0.265 e. The van der Waals surface area contributed by atoms with Crippen molar-refractivity contribution in [3.8, 4) is 5.75 Å². The van der Waals surface area contributed by atoms with Gasteiger partial charge in [-0.05, 0) is 25.1 Å². The molecule has 0 bridgehead atoms. The minimum Gasteiger partial charge on any atom is -0.486 e. The first-order valence-corrected chi connectivity index (χ1v) is 8.08. The molecule has 0 aliphatic heterocycles. The number of benzene rings is 1. The first-order chi connectivity index (χ1) is 9.41. The zero-order chi connectivity index (χ0) is 14.8. The van der Waals surface area contributed by atoms with E-state index >= 15 is 0 Å². The van der Waals surface area contributed by atoms with Crippen LogP contribution in [0.2, 0.25) is 0 Å². The molecule has 2 aromatic rings. The quantitative estimate of drug-likeness (QED) is 0.795. The average molecular weight is 319 g/mol. The molecule has 0 atom stereocenters. The molecule has 0 fully saturated rings. The van der Waals surface area contributed by atoms with Gasteiger partial charge in [-0.15, -0.1) is 0 Å². The molecule has 0 radical (unpaired) electrons. The summed E-state index contributed by atoms with van der Waals surface area (Å²) in [5.41, 5.74) is 0.773. The molecule has 0 saturated carbocycles. The molecule has 0 amide bonds. The Morgan fingerprint density at radius 3 is 2.85 bits per heavy atom. The molecule has 0 N–H and O–H groups in total. The molecule has 0 unspecified atom stereocenters. The molecule has 0 spiro atoms. The molecule has 20 heavy (non-hydrogen) atoms. The Hall–Kier alpha value is -1.60. The molecule has 0 saturated heterocycles. The third-order valence-corrected chi connectivity index (χ3v) is 4.03. The number of nitrogens with zero attached hydrogens (tertiary/aromatic N) is 2. The SMILES string of the molecule is CCn1cncc1COc1ccc(F)cc1S(=O)(=O)Cl. The van der Waals surface area contributed by atoms with Crippen LogP contribution in [0.5, 0.6) is 5.75 Å². The van der Waals surface area contributed by atoms with Crippen LogP contribution < -0.4 is 4.74 Å². The molecule has 108 valence electrons. The normalized spacial score (nSPS) is 11.6. The van der Waals surface area contributed by atoms with Crippen LogP contribution in [0.3, 0.4) is 0 Å². The Balaban J connectivity index is 2.26. The standard InChI is InChI=1S/C12H12ClFN2O3S/c1-2-16-8-15-6-10(16)7-19-11-4-3-9(14)5-12(11)20(13,17)18/h3-6,8H,2,7H2,1H3. The van der Waals surface area contributed by atoms with Gasteiger partial charge in [0, 0.05) is 17.2 Å². The maximum absolute atomic E-state index is 13.1. The molecule has 2 rings (SSSR count).